The zero-order valence-corrected chi connectivity index (χ0v) is 17.1. The van der Waals surface area contributed by atoms with Crippen LogP contribution in [0.15, 0.2) is 57.7 Å². The second-order valence-corrected chi connectivity index (χ2v) is 8.67. The van der Waals surface area contributed by atoms with Crippen LogP contribution < -0.4 is 11.0 Å². The molecule has 0 aliphatic rings. The van der Waals surface area contributed by atoms with E-state index < -0.39 is 0 Å². The molecule has 0 saturated carbocycles. The summed E-state index contributed by atoms with van der Waals surface area (Å²) in [6, 6.07) is 16.1. The van der Waals surface area contributed by atoms with E-state index in [4.69, 9.17) is 0 Å². The van der Waals surface area contributed by atoms with E-state index in [9.17, 15) is 4.79 Å². The number of para-hydroxylation sites is 2. The first-order chi connectivity index (χ1) is 13.7. The van der Waals surface area contributed by atoms with Gasteiger partial charge in [0, 0.05) is 18.0 Å². The highest BCUT2D eigenvalue weighted by Crippen LogP contribution is 2.28. The first-order valence-electron chi connectivity index (χ1n) is 9.23. The third kappa shape index (κ3) is 4.28. The summed E-state index contributed by atoms with van der Waals surface area (Å²) >= 11 is 3.22. The molecule has 6 nitrogen and oxygen atoms in total. The van der Waals surface area contributed by atoms with Crippen molar-refractivity contribution in [2.75, 3.05) is 11.1 Å². The van der Waals surface area contributed by atoms with E-state index in [1.165, 1.54) is 5.56 Å². The molecule has 144 valence electrons. The van der Waals surface area contributed by atoms with E-state index in [2.05, 4.69) is 51.7 Å². The maximum absolute atomic E-state index is 12.1. The van der Waals surface area contributed by atoms with Crippen molar-refractivity contribution in [3.05, 3.63) is 64.6 Å². The number of rotatable bonds is 8. The van der Waals surface area contributed by atoms with E-state index >= 15 is 0 Å². The van der Waals surface area contributed by atoms with Gasteiger partial charge in [-0.2, -0.15) is 0 Å². The summed E-state index contributed by atoms with van der Waals surface area (Å²) < 4.78 is 2.72. The highest BCUT2D eigenvalue weighted by Gasteiger charge is 2.08. The molecule has 0 bridgehead atoms. The molecule has 8 heteroatoms. The van der Waals surface area contributed by atoms with Crippen LogP contribution in [0.5, 0.6) is 0 Å². The van der Waals surface area contributed by atoms with Gasteiger partial charge in [-0.1, -0.05) is 54.3 Å². The van der Waals surface area contributed by atoms with Gasteiger partial charge in [-0.15, -0.1) is 10.2 Å². The van der Waals surface area contributed by atoms with Gasteiger partial charge in [-0.3, -0.25) is 4.57 Å². The summed E-state index contributed by atoms with van der Waals surface area (Å²) in [6.07, 6.45) is 1.91. The molecule has 0 fully saturated rings. The molecule has 2 N–H and O–H groups in total. The number of nitrogens with one attached hydrogen (secondary N) is 2. The van der Waals surface area contributed by atoms with Gasteiger partial charge < -0.3 is 10.3 Å². The Morgan fingerprint density at radius 3 is 2.79 bits per heavy atom. The minimum absolute atomic E-state index is 0.0531. The molecule has 2 aromatic carbocycles. The third-order valence-electron chi connectivity index (χ3n) is 4.45. The Hall–Kier alpha value is -2.58. The summed E-state index contributed by atoms with van der Waals surface area (Å²) in [5, 5.41) is 12.5. The SMILES string of the molecule is CCc1ccc(Nc2nnc(SCCCn3c(=O)[nH]c4ccccc43)s2)cc1. The van der Waals surface area contributed by atoms with Crippen molar-refractivity contribution in [3.63, 3.8) is 0 Å². The standard InChI is InChI=1S/C20H21N5OS2/c1-2-14-8-10-15(11-9-14)21-18-23-24-20(28-18)27-13-5-12-25-17-7-4-3-6-16(17)22-19(25)26/h3-4,6-11H,2,5,12-13H2,1H3,(H,21,23)(H,22,26). The van der Waals surface area contributed by atoms with Gasteiger partial charge in [0.25, 0.3) is 0 Å². The lowest BCUT2D eigenvalue weighted by Crippen LogP contribution is -2.17. The fourth-order valence-corrected chi connectivity index (χ4v) is 4.74. The number of aryl methyl sites for hydroxylation is 2. The number of aromatic nitrogens is 4. The van der Waals surface area contributed by atoms with Crippen LogP contribution in [-0.2, 0) is 13.0 Å². The minimum atomic E-state index is -0.0531. The van der Waals surface area contributed by atoms with Crippen molar-refractivity contribution in [2.45, 2.75) is 30.6 Å². The van der Waals surface area contributed by atoms with E-state index in [0.717, 1.165) is 44.8 Å². The number of hydrogen-bond acceptors (Lipinski definition) is 6. The second kappa shape index (κ2) is 8.62. The highest BCUT2D eigenvalue weighted by molar-refractivity contribution is 8.01. The van der Waals surface area contributed by atoms with E-state index in [0.29, 0.717) is 6.54 Å². The number of aromatic amines is 1. The quantitative estimate of drug-likeness (QED) is 0.325. The molecular formula is C20H21N5OS2. The molecule has 4 aromatic rings. The summed E-state index contributed by atoms with van der Waals surface area (Å²) in [7, 11) is 0. The zero-order valence-electron chi connectivity index (χ0n) is 15.5. The Kier molecular flexibility index (Phi) is 5.78. The number of hydrogen-bond donors (Lipinski definition) is 2. The monoisotopic (exact) mass is 411 g/mol. The van der Waals surface area contributed by atoms with Crippen LogP contribution in [0.1, 0.15) is 18.9 Å². The molecule has 0 amide bonds. The van der Waals surface area contributed by atoms with Gasteiger partial charge in [-0.25, -0.2) is 4.79 Å². The van der Waals surface area contributed by atoms with Gasteiger partial charge in [0.05, 0.1) is 11.0 Å². The summed E-state index contributed by atoms with van der Waals surface area (Å²) in [4.78, 5) is 15.0. The molecule has 2 aromatic heterocycles. The van der Waals surface area contributed by atoms with Crippen LogP contribution in [0.2, 0.25) is 0 Å². The molecule has 28 heavy (non-hydrogen) atoms. The van der Waals surface area contributed by atoms with Gasteiger partial charge >= 0.3 is 5.69 Å². The minimum Gasteiger partial charge on any atom is -0.330 e. The van der Waals surface area contributed by atoms with Crippen molar-refractivity contribution < 1.29 is 0 Å². The fraction of sp³-hybridized carbons (Fsp3) is 0.250. The Morgan fingerprint density at radius 2 is 1.96 bits per heavy atom. The number of nitrogens with zero attached hydrogens (tertiary/aromatic N) is 3. The predicted molar refractivity (Wildman–Crippen MR) is 117 cm³/mol. The summed E-state index contributed by atoms with van der Waals surface area (Å²) in [5.74, 6) is 0.881. The van der Waals surface area contributed by atoms with E-state index in [1.807, 2.05) is 24.3 Å². The lowest BCUT2D eigenvalue weighted by atomic mass is 10.1. The lowest BCUT2D eigenvalue weighted by molar-refractivity contribution is 0.679. The Labute approximate surface area is 171 Å². The van der Waals surface area contributed by atoms with Crippen LogP contribution in [0.3, 0.4) is 0 Å². The molecule has 0 unspecified atom stereocenters. The van der Waals surface area contributed by atoms with Gasteiger partial charge in [-0.05, 0) is 42.7 Å². The lowest BCUT2D eigenvalue weighted by Gasteiger charge is -2.03. The van der Waals surface area contributed by atoms with E-state index in [1.54, 1.807) is 27.7 Å². The molecule has 0 aliphatic heterocycles. The first-order valence-corrected chi connectivity index (χ1v) is 11.0. The predicted octanol–water partition coefficient (Wildman–Crippen LogP) is 4.67. The van der Waals surface area contributed by atoms with Crippen LogP contribution >= 0.6 is 23.1 Å². The summed E-state index contributed by atoms with van der Waals surface area (Å²) in [6.45, 7) is 2.83. The number of fused-ring (bicyclic) bond motifs is 1. The molecule has 0 atom stereocenters. The van der Waals surface area contributed by atoms with Crippen molar-refractivity contribution in [2.24, 2.45) is 0 Å². The van der Waals surface area contributed by atoms with Crippen LogP contribution in [0.4, 0.5) is 10.8 Å². The normalized spacial score (nSPS) is 11.2. The molecular weight excluding hydrogens is 390 g/mol. The average Bonchev–Trinajstić information content (AvgIpc) is 3.29. The van der Waals surface area contributed by atoms with Crippen molar-refractivity contribution >= 4 is 45.0 Å². The molecule has 0 spiro atoms. The second-order valence-electron chi connectivity index (χ2n) is 6.35. The maximum atomic E-state index is 12.1. The Balaban J connectivity index is 1.29. The van der Waals surface area contributed by atoms with Gasteiger partial charge in [0.1, 0.15) is 0 Å². The van der Waals surface area contributed by atoms with Gasteiger partial charge in [0.15, 0.2) is 4.34 Å². The third-order valence-corrected chi connectivity index (χ3v) is 6.51. The molecule has 2 heterocycles. The largest absolute Gasteiger partial charge is 0.330 e. The number of H-pyrrole nitrogens is 1. The fourth-order valence-electron chi connectivity index (χ4n) is 2.98. The number of thioether (sulfide) groups is 1. The van der Waals surface area contributed by atoms with E-state index in [-0.39, 0.29) is 5.69 Å². The topological polar surface area (TPSA) is 75.6 Å². The highest BCUT2D eigenvalue weighted by atomic mass is 32.2. The Morgan fingerprint density at radius 1 is 1.14 bits per heavy atom. The first kappa shape index (κ1) is 18.8. The molecule has 4 rings (SSSR count). The summed E-state index contributed by atoms with van der Waals surface area (Å²) in [5.41, 5.74) is 4.11. The average molecular weight is 412 g/mol. The molecule has 0 aliphatic carbocycles. The van der Waals surface area contributed by atoms with Gasteiger partial charge in [0.2, 0.25) is 5.13 Å². The molecule has 0 saturated heterocycles. The maximum Gasteiger partial charge on any atom is 0.326 e. The smallest absolute Gasteiger partial charge is 0.326 e. The zero-order chi connectivity index (χ0) is 19.3. The van der Waals surface area contributed by atoms with Crippen LogP contribution in [0.25, 0.3) is 11.0 Å². The number of imidazole rings is 1. The van der Waals surface area contributed by atoms with Crippen molar-refractivity contribution in [1.29, 1.82) is 0 Å². The van der Waals surface area contributed by atoms with Crippen molar-refractivity contribution in [3.8, 4) is 0 Å². The van der Waals surface area contributed by atoms with Crippen LogP contribution in [0, 0.1) is 0 Å². The number of anilines is 2. The molecule has 0 radical (unpaired) electrons. The van der Waals surface area contributed by atoms with Crippen LogP contribution in [-0.4, -0.2) is 25.5 Å². The number of benzene rings is 2. The van der Waals surface area contributed by atoms with Crippen molar-refractivity contribution in [1.82, 2.24) is 19.7 Å². The Bertz CT molecular complexity index is 1110.